The smallest absolute Gasteiger partial charge is 0.0540 e. The van der Waals surface area contributed by atoms with E-state index >= 15 is 0 Å². The zero-order valence-corrected chi connectivity index (χ0v) is 13.8. The van der Waals surface area contributed by atoms with E-state index < -0.39 is 0 Å². The summed E-state index contributed by atoms with van der Waals surface area (Å²) in [5.74, 6) is 1.62. The predicted molar refractivity (Wildman–Crippen MR) is 87.4 cm³/mol. The topological polar surface area (TPSA) is 35.5 Å². The lowest BCUT2D eigenvalue weighted by molar-refractivity contribution is 0.0793. The number of hydrogen-bond donors (Lipinski definition) is 2. The molecule has 3 unspecified atom stereocenters. The Hall–Kier alpha value is -0.120. The van der Waals surface area contributed by atoms with Crippen LogP contribution in [0, 0.1) is 11.8 Å². The van der Waals surface area contributed by atoms with Gasteiger partial charge < -0.3 is 10.4 Å². The molecule has 0 radical (unpaired) electrons. The van der Waals surface area contributed by atoms with Crippen LogP contribution >= 0.6 is 0 Å². The van der Waals surface area contributed by atoms with Gasteiger partial charge in [0.1, 0.15) is 0 Å². The van der Waals surface area contributed by atoms with Crippen LogP contribution < -0.4 is 5.32 Å². The maximum absolute atomic E-state index is 10.0. The number of aliphatic hydroxyl groups excluding tert-OH is 1. The molecule has 21 heavy (non-hydrogen) atoms. The first-order chi connectivity index (χ1) is 10.2. The summed E-state index contributed by atoms with van der Waals surface area (Å²) < 4.78 is 0. The van der Waals surface area contributed by atoms with Crippen LogP contribution in [0.15, 0.2) is 0 Å². The molecule has 3 heteroatoms. The number of nitrogens with one attached hydrogen (secondary N) is 1. The molecule has 3 aliphatic rings. The number of aliphatic hydroxyl groups is 1. The molecule has 1 saturated heterocycles. The summed E-state index contributed by atoms with van der Waals surface area (Å²) in [6, 6.07) is 1.52. The zero-order valence-electron chi connectivity index (χ0n) is 13.8. The molecule has 0 aromatic heterocycles. The van der Waals surface area contributed by atoms with Gasteiger partial charge in [0, 0.05) is 25.2 Å². The van der Waals surface area contributed by atoms with E-state index in [1.807, 2.05) is 0 Å². The van der Waals surface area contributed by atoms with Crippen LogP contribution in [0.25, 0.3) is 0 Å². The van der Waals surface area contributed by atoms with Crippen molar-refractivity contribution in [3.63, 3.8) is 0 Å². The molecule has 0 spiro atoms. The molecule has 3 rings (SSSR count). The molecular weight excluding hydrogens is 260 g/mol. The standard InChI is InChI=1S/C18H34N2O/c1-2-18(21)10-15-9-16(13-20(12-15)17-7-8-17)19-11-14-5-3-4-6-14/h14-19,21H,2-13H2,1H3. The van der Waals surface area contributed by atoms with Gasteiger partial charge in [-0.2, -0.15) is 0 Å². The van der Waals surface area contributed by atoms with Gasteiger partial charge in [-0.05, 0) is 63.3 Å². The molecule has 2 saturated carbocycles. The highest BCUT2D eigenvalue weighted by atomic mass is 16.3. The molecular formula is C18H34N2O. The van der Waals surface area contributed by atoms with Crippen molar-refractivity contribution in [1.82, 2.24) is 10.2 Å². The summed E-state index contributed by atoms with van der Waals surface area (Å²) >= 11 is 0. The minimum Gasteiger partial charge on any atom is -0.393 e. The Kier molecular flexibility index (Phi) is 5.58. The van der Waals surface area contributed by atoms with Gasteiger partial charge in [0.05, 0.1) is 6.10 Å². The molecule has 3 fully saturated rings. The molecule has 0 bridgehead atoms. The Morgan fingerprint density at radius 1 is 1.10 bits per heavy atom. The van der Waals surface area contributed by atoms with Crippen LogP contribution in [0.3, 0.4) is 0 Å². The van der Waals surface area contributed by atoms with Gasteiger partial charge >= 0.3 is 0 Å². The lowest BCUT2D eigenvalue weighted by Crippen LogP contribution is -2.51. The number of rotatable bonds is 7. The summed E-state index contributed by atoms with van der Waals surface area (Å²) in [6.07, 6.45) is 11.6. The highest BCUT2D eigenvalue weighted by molar-refractivity contribution is 4.93. The fraction of sp³-hybridized carbons (Fsp3) is 1.00. The zero-order chi connectivity index (χ0) is 14.7. The molecule has 2 aliphatic carbocycles. The van der Waals surface area contributed by atoms with Crippen molar-refractivity contribution in [3.8, 4) is 0 Å². The summed E-state index contributed by atoms with van der Waals surface area (Å²) in [4.78, 5) is 2.71. The molecule has 3 nitrogen and oxygen atoms in total. The number of piperidine rings is 1. The van der Waals surface area contributed by atoms with E-state index in [1.165, 1.54) is 64.6 Å². The number of nitrogens with zero attached hydrogens (tertiary/aromatic N) is 1. The second kappa shape index (κ2) is 7.43. The third-order valence-corrected chi connectivity index (χ3v) is 5.88. The highest BCUT2D eigenvalue weighted by Crippen LogP contribution is 2.33. The van der Waals surface area contributed by atoms with Crippen LogP contribution in [0.5, 0.6) is 0 Å². The molecule has 0 amide bonds. The van der Waals surface area contributed by atoms with Crippen molar-refractivity contribution in [2.45, 2.75) is 82.9 Å². The largest absolute Gasteiger partial charge is 0.393 e. The van der Waals surface area contributed by atoms with Gasteiger partial charge in [0.25, 0.3) is 0 Å². The molecule has 0 aromatic carbocycles. The van der Waals surface area contributed by atoms with Gasteiger partial charge in [-0.25, -0.2) is 0 Å². The maximum atomic E-state index is 10.0. The van der Waals surface area contributed by atoms with Crippen LogP contribution in [0.4, 0.5) is 0 Å². The van der Waals surface area contributed by atoms with Crippen molar-refractivity contribution in [2.75, 3.05) is 19.6 Å². The van der Waals surface area contributed by atoms with Gasteiger partial charge in [-0.15, -0.1) is 0 Å². The first-order valence-electron chi connectivity index (χ1n) is 9.40. The normalized spacial score (nSPS) is 33.4. The van der Waals surface area contributed by atoms with E-state index in [4.69, 9.17) is 0 Å². The Morgan fingerprint density at radius 3 is 2.52 bits per heavy atom. The minimum atomic E-state index is -0.0929. The van der Waals surface area contributed by atoms with Crippen molar-refractivity contribution in [1.29, 1.82) is 0 Å². The van der Waals surface area contributed by atoms with Gasteiger partial charge in [0.2, 0.25) is 0 Å². The third-order valence-electron chi connectivity index (χ3n) is 5.88. The Balaban J connectivity index is 1.49. The third kappa shape index (κ3) is 4.67. The Morgan fingerprint density at radius 2 is 1.86 bits per heavy atom. The minimum absolute atomic E-state index is 0.0929. The fourth-order valence-corrected chi connectivity index (χ4v) is 4.40. The molecule has 122 valence electrons. The second-order valence-electron chi connectivity index (χ2n) is 7.84. The van der Waals surface area contributed by atoms with E-state index in [-0.39, 0.29) is 6.10 Å². The lowest BCUT2D eigenvalue weighted by atomic mass is 9.88. The molecule has 3 atom stereocenters. The maximum Gasteiger partial charge on any atom is 0.0540 e. The Labute approximate surface area is 130 Å². The summed E-state index contributed by atoms with van der Waals surface area (Å²) in [5, 5.41) is 13.9. The lowest BCUT2D eigenvalue weighted by Gasteiger charge is -2.39. The van der Waals surface area contributed by atoms with E-state index in [9.17, 15) is 5.11 Å². The van der Waals surface area contributed by atoms with Crippen LogP contribution in [-0.2, 0) is 0 Å². The van der Waals surface area contributed by atoms with Gasteiger partial charge in [0.15, 0.2) is 0 Å². The average molecular weight is 294 g/mol. The van der Waals surface area contributed by atoms with E-state index in [0.717, 1.165) is 24.8 Å². The summed E-state index contributed by atoms with van der Waals surface area (Å²) in [5.41, 5.74) is 0. The molecule has 2 N–H and O–H groups in total. The first-order valence-corrected chi connectivity index (χ1v) is 9.40. The van der Waals surface area contributed by atoms with E-state index in [0.29, 0.717) is 12.0 Å². The van der Waals surface area contributed by atoms with Crippen LogP contribution in [0.1, 0.15) is 64.7 Å². The van der Waals surface area contributed by atoms with Crippen LogP contribution in [0.2, 0.25) is 0 Å². The second-order valence-corrected chi connectivity index (χ2v) is 7.84. The summed E-state index contributed by atoms with van der Waals surface area (Å²) in [7, 11) is 0. The van der Waals surface area contributed by atoms with E-state index in [2.05, 4.69) is 17.1 Å². The van der Waals surface area contributed by atoms with Gasteiger partial charge in [-0.1, -0.05) is 19.8 Å². The van der Waals surface area contributed by atoms with Crippen molar-refractivity contribution in [2.24, 2.45) is 11.8 Å². The van der Waals surface area contributed by atoms with Crippen molar-refractivity contribution < 1.29 is 5.11 Å². The van der Waals surface area contributed by atoms with Gasteiger partial charge in [-0.3, -0.25) is 4.90 Å². The number of hydrogen-bond acceptors (Lipinski definition) is 3. The summed E-state index contributed by atoms with van der Waals surface area (Å²) in [6.45, 7) is 5.80. The monoisotopic (exact) mass is 294 g/mol. The SMILES string of the molecule is CCC(O)CC1CC(NCC2CCCC2)CN(C2CC2)C1. The molecule has 1 heterocycles. The quantitative estimate of drug-likeness (QED) is 0.758. The molecule has 0 aromatic rings. The molecule has 1 aliphatic heterocycles. The van der Waals surface area contributed by atoms with Crippen LogP contribution in [-0.4, -0.2) is 47.8 Å². The first kappa shape index (κ1) is 15.8. The van der Waals surface area contributed by atoms with E-state index in [1.54, 1.807) is 0 Å². The van der Waals surface area contributed by atoms with Crippen molar-refractivity contribution in [3.05, 3.63) is 0 Å². The average Bonchev–Trinajstić information content (AvgIpc) is 3.21. The predicted octanol–water partition coefficient (Wildman–Crippen LogP) is 2.78. The Bertz CT molecular complexity index is 312. The van der Waals surface area contributed by atoms with Crippen molar-refractivity contribution >= 4 is 0 Å². The number of likely N-dealkylation sites (tertiary alicyclic amines) is 1. The fourth-order valence-electron chi connectivity index (χ4n) is 4.40. The highest BCUT2D eigenvalue weighted by Gasteiger charge is 2.36.